The fourth-order valence-corrected chi connectivity index (χ4v) is 1.84. The van der Waals surface area contributed by atoms with E-state index in [1.54, 1.807) is 0 Å². The monoisotopic (exact) mass is 140 g/mol. The second-order valence-corrected chi connectivity index (χ2v) is 3.44. The van der Waals surface area contributed by atoms with E-state index < -0.39 is 0 Å². The van der Waals surface area contributed by atoms with E-state index in [9.17, 15) is 4.79 Å². The fraction of sp³-hybridized carbons (Fsp3) is 0.857. The van der Waals surface area contributed by atoms with E-state index in [4.69, 9.17) is 0 Å². The summed E-state index contributed by atoms with van der Waals surface area (Å²) in [4.78, 5) is 12.3. The van der Waals surface area contributed by atoms with Gasteiger partial charge in [-0.3, -0.25) is 4.90 Å². The first-order valence-corrected chi connectivity index (χ1v) is 3.71. The molecule has 2 aliphatic rings. The van der Waals surface area contributed by atoms with Gasteiger partial charge in [0.15, 0.2) is 0 Å². The largest absolute Gasteiger partial charge is 0.315 e. The predicted molar refractivity (Wildman–Crippen MR) is 37.8 cm³/mol. The number of nitrogens with one attached hydrogen (secondary N) is 1. The Hall–Kier alpha value is -0.410. The van der Waals surface area contributed by atoms with Gasteiger partial charge in [0.1, 0.15) is 6.29 Å². The van der Waals surface area contributed by atoms with Gasteiger partial charge in [-0.1, -0.05) is 0 Å². The fourth-order valence-electron chi connectivity index (χ4n) is 1.84. The molecule has 1 spiro atoms. The maximum atomic E-state index is 10.1. The molecule has 0 aromatic carbocycles. The molecule has 0 unspecified atom stereocenters. The van der Waals surface area contributed by atoms with Gasteiger partial charge < -0.3 is 10.1 Å². The van der Waals surface area contributed by atoms with E-state index >= 15 is 0 Å². The van der Waals surface area contributed by atoms with E-state index in [1.165, 1.54) is 0 Å². The number of hydrogen-bond acceptors (Lipinski definition) is 3. The van der Waals surface area contributed by atoms with Crippen LogP contribution in [-0.2, 0) is 4.79 Å². The quantitative estimate of drug-likeness (QED) is 0.504. The van der Waals surface area contributed by atoms with E-state index in [1.807, 2.05) is 0 Å². The van der Waals surface area contributed by atoms with Gasteiger partial charge in [0.25, 0.3) is 0 Å². The van der Waals surface area contributed by atoms with Crippen LogP contribution in [0.3, 0.4) is 0 Å². The summed E-state index contributed by atoms with van der Waals surface area (Å²) >= 11 is 0. The highest BCUT2D eigenvalue weighted by Gasteiger charge is 2.46. The summed E-state index contributed by atoms with van der Waals surface area (Å²) in [5.41, 5.74) is 0.572. The zero-order valence-corrected chi connectivity index (χ0v) is 5.97. The Balaban J connectivity index is 1.77. The minimum atomic E-state index is 0.572. The van der Waals surface area contributed by atoms with E-state index in [-0.39, 0.29) is 0 Å². The highest BCUT2D eigenvalue weighted by molar-refractivity contribution is 5.52. The zero-order valence-electron chi connectivity index (χ0n) is 5.97. The molecule has 2 rings (SSSR count). The Morgan fingerprint density at radius 3 is 2.60 bits per heavy atom. The Morgan fingerprint density at radius 2 is 2.20 bits per heavy atom. The summed E-state index contributed by atoms with van der Waals surface area (Å²) in [5.74, 6) is 0. The van der Waals surface area contributed by atoms with Gasteiger partial charge in [-0.15, -0.1) is 0 Å². The number of nitrogens with zero attached hydrogens (tertiary/aromatic N) is 1. The molecule has 2 fully saturated rings. The van der Waals surface area contributed by atoms with Gasteiger partial charge in [0.2, 0.25) is 0 Å². The van der Waals surface area contributed by atoms with Gasteiger partial charge in [0, 0.05) is 31.6 Å². The van der Waals surface area contributed by atoms with Crippen LogP contribution in [0, 0.1) is 5.41 Å². The molecule has 56 valence electrons. The molecule has 10 heavy (non-hydrogen) atoms. The van der Waals surface area contributed by atoms with Gasteiger partial charge in [-0.2, -0.15) is 0 Å². The van der Waals surface area contributed by atoms with E-state index in [0.29, 0.717) is 12.0 Å². The lowest BCUT2D eigenvalue weighted by atomic mass is 9.74. The Morgan fingerprint density at radius 1 is 1.50 bits per heavy atom. The third kappa shape index (κ3) is 0.777. The number of carbonyl (C=O) groups excluding carboxylic acids is 1. The summed E-state index contributed by atoms with van der Waals surface area (Å²) in [5, 5.41) is 3.25. The van der Waals surface area contributed by atoms with Crippen LogP contribution in [-0.4, -0.2) is 43.9 Å². The summed E-state index contributed by atoms with van der Waals surface area (Å²) in [7, 11) is 0. The normalized spacial score (nSPS) is 29.2. The lowest BCUT2D eigenvalue weighted by Crippen LogP contribution is -2.71. The number of rotatable bonds is 2. The third-order valence-electron chi connectivity index (χ3n) is 2.45. The predicted octanol–water partition coefficient (Wildman–Crippen LogP) is -0.909. The summed E-state index contributed by atoms with van der Waals surface area (Å²) in [6.07, 6.45) is 0.985. The van der Waals surface area contributed by atoms with Crippen LogP contribution in [0.1, 0.15) is 0 Å². The molecule has 0 atom stereocenters. The van der Waals surface area contributed by atoms with Crippen LogP contribution < -0.4 is 5.32 Å². The van der Waals surface area contributed by atoms with Crippen LogP contribution >= 0.6 is 0 Å². The molecule has 0 radical (unpaired) electrons. The molecule has 0 amide bonds. The summed E-state index contributed by atoms with van der Waals surface area (Å²) in [6, 6.07) is 0. The molecular formula is C7H12N2O. The first-order chi connectivity index (χ1) is 4.85. The maximum absolute atomic E-state index is 10.1. The molecular weight excluding hydrogens is 128 g/mol. The minimum absolute atomic E-state index is 0.572. The van der Waals surface area contributed by atoms with Gasteiger partial charge >= 0.3 is 0 Å². The average Bonchev–Trinajstić information content (AvgIpc) is 1.72. The van der Waals surface area contributed by atoms with Crippen molar-refractivity contribution in [2.24, 2.45) is 5.41 Å². The van der Waals surface area contributed by atoms with Crippen molar-refractivity contribution in [2.45, 2.75) is 0 Å². The molecule has 0 bridgehead atoms. The van der Waals surface area contributed by atoms with Gasteiger partial charge in [-0.05, 0) is 0 Å². The van der Waals surface area contributed by atoms with Crippen LogP contribution in [0.4, 0.5) is 0 Å². The Bertz CT molecular complexity index is 146. The second kappa shape index (κ2) is 2.04. The van der Waals surface area contributed by atoms with E-state index in [2.05, 4.69) is 10.2 Å². The van der Waals surface area contributed by atoms with Crippen LogP contribution in [0.25, 0.3) is 0 Å². The number of carbonyl (C=O) groups is 1. The number of likely N-dealkylation sites (tertiary alicyclic amines) is 1. The van der Waals surface area contributed by atoms with Gasteiger partial charge in [-0.25, -0.2) is 0 Å². The zero-order chi connectivity index (χ0) is 7.03. The average molecular weight is 140 g/mol. The molecule has 3 nitrogen and oxygen atoms in total. The molecule has 0 aromatic rings. The topological polar surface area (TPSA) is 32.3 Å². The second-order valence-electron chi connectivity index (χ2n) is 3.44. The minimum Gasteiger partial charge on any atom is -0.315 e. The van der Waals surface area contributed by atoms with Crippen molar-refractivity contribution in [3.63, 3.8) is 0 Å². The smallest absolute Gasteiger partial charge is 0.133 e. The lowest BCUT2D eigenvalue weighted by Gasteiger charge is -2.55. The molecule has 2 heterocycles. The molecule has 0 saturated carbocycles. The Labute approximate surface area is 60.4 Å². The molecule has 0 aromatic heterocycles. The SMILES string of the molecule is O=CCN1CC2(CNC2)C1. The van der Waals surface area contributed by atoms with Crippen molar-refractivity contribution in [3.05, 3.63) is 0 Å². The first-order valence-electron chi connectivity index (χ1n) is 3.71. The van der Waals surface area contributed by atoms with Crippen molar-refractivity contribution >= 4 is 6.29 Å². The van der Waals surface area contributed by atoms with Crippen molar-refractivity contribution in [1.29, 1.82) is 0 Å². The molecule has 2 aliphatic heterocycles. The van der Waals surface area contributed by atoms with Crippen molar-refractivity contribution in [1.82, 2.24) is 10.2 Å². The van der Waals surface area contributed by atoms with Gasteiger partial charge in [0.05, 0.1) is 6.54 Å². The summed E-state index contributed by atoms with van der Waals surface area (Å²) in [6.45, 7) is 5.18. The molecule has 0 aliphatic carbocycles. The van der Waals surface area contributed by atoms with Crippen molar-refractivity contribution in [2.75, 3.05) is 32.7 Å². The maximum Gasteiger partial charge on any atom is 0.133 e. The lowest BCUT2D eigenvalue weighted by molar-refractivity contribution is -0.113. The highest BCUT2D eigenvalue weighted by atomic mass is 16.1. The first kappa shape index (κ1) is 6.31. The van der Waals surface area contributed by atoms with Crippen LogP contribution in [0.15, 0.2) is 0 Å². The highest BCUT2D eigenvalue weighted by Crippen LogP contribution is 2.33. The van der Waals surface area contributed by atoms with Crippen LogP contribution in [0.5, 0.6) is 0 Å². The van der Waals surface area contributed by atoms with Crippen molar-refractivity contribution in [3.8, 4) is 0 Å². The van der Waals surface area contributed by atoms with Crippen LogP contribution in [0.2, 0.25) is 0 Å². The third-order valence-corrected chi connectivity index (χ3v) is 2.45. The standard InChI is InChI=1S/C7H12N2O/c10-2-1-9-5-7(6-9)3-8-4-7/h2,8H,1,3-6H2. The number of hydrogen-bond donors (Lipinski definition) is 1. The number of aldehydes is 1. The molecule has 2 saturated heterocycles. The Kier molecular flexibility index (Phi) is 1.28. The van der Waals surface area contributed by atoms with E-state index in [0.717, 1.165) is 32.5 Å². The summed E-state index contributed by atoms with van der Waals surface area (Å²) < 4.78 is 0. The van der Waals surface area contributed by atoms with Crippen molar-refractivity contribution < 1.29 is 4.79 Å². The molecule has 3 heteroatoms. The molecule has 1 N–H and O–H groups in total.